The average molecular weight is 237 g/mol. The summed E-state index contributed by atoms with van der Waals surface area (Å²) in [4.78, 5) is 0. The summed E-state index contributed by atoms with van der Waals surface area (Å²) in [5, 5.41) is 8.17. The van der Waals surface area contributed by atoms with Crippen LogP contribution in [0.3, 0.4) is 0 Å². The highest BCUT2D eigenvalue weighted by Crippen LogP contribution is 2.20. The normalized spacial score (nSPS) is 9.11. The van der Waals surface area contributed by atoms with E-state index in [4.69, 9.17) is 9.44 Å². The maximum Gasteiger partial charge on any atom is 0.569 e. The number of hydrogen-bond acceptors (Lipinski definition) is 3. The molecule has 0 aliphatic rings. The van der Waals surface area contributed by atoms with Crippen molar-refractivity contribution in [2.24, 2.45) is 0 Å². The molecule has 0 aliphatic carbocycles. The minimum atomic E-state index is 0.526. The van der Waals surface area contributed by atoms with Gasteiger partial charge >= 0.3 is 7.69 Å². The van der Waals surface area contributed by atoms with Crippen LogP contribution in [0.1, 0.15) is 0 Å². The largest absolute Gasteiger partial charge is 0.569 e. The molecule has 1 rings (SSSR count). The highest BCUT2D eigenvalue weighted by atomic mass is 127. The molecule has 1 N–H and O–H groups in total. The SMILES string of the molecule is O[B]Oc1cocc1I. The lowest BCUT2D eigenvalue weighted by atomic mass is 10.4. The maximum absolute atomic E-state index is 8.17. The standard InChI is InChI=1S/C4H3BIO3/c6-3-1-8-2-4(3)9-5-7/h1-2,7H. The van der Waals surface area contributed by atoms with Gasteiger partial charge in [-0.1, -0.05) is 0 Å². The molecule has 0 aliphatic heterocycles. The molecule has 0 unspecified atom stereocenters. The molecule has 0 atom stereocenters. The molecular weight excluding hydrogens is 234 g/mol. The van der Waals surface area contributed by atoms with Gasteiger partial charge in [0.15, 0.2) is 5.75 Å². The van der Waals surface area contributed by atoms with Gasteiger partial charge in [0.05, 0.1) is 3.57 Å². The second-order valence-corrected chi connectivity index (χ2v) is 2.47. The molecule has 0 aromatic carbocycles. The van der Waals surface area contributed by atoms with Crippen molar-refractivity contribution >= 4 is 30.3 Å². The number of hydrogen-bond donors (Lipinski definition) is 1. The summed E-state index contributed by atoms with van der Waals surface area (Å²) >= 11 is 2.03. The first kappa shape index (κ1) is 6.95. The highest BCUT2D eigenvalue weighted by Gasteiger charge is 2.01. The summed E-state index contributed by atoms with van der Waals surface area (Å²) in [6, 6.07) is 0. The van der Waals surface area contributed by atoms with Crippen molar-refractivity contribution in [2.75, 3.05) is 0 Å². The van der Waals surface area contributed by atoms with Crippen LogP contribution >= 0.6 is 22.6 Å². The highest BCUT2D eigenvalue weighted by molar-refractivity contribution is 14.1. The van der Waals surface area contributed by atoms with Crippen molar-refractivity contribution in [3.05, 3.63) is 16.1 Å². The van der Waals surface area contributed by atoms with Gasteiger partial charge < -0.3 is 14.1 Å². The predicted octanol–water partition coefficient (Wildman–Crippen LogP) is 0.790. The van der Waals surface area contributed by atoms with Crippen molar-refractivity contribution in [1.29, 1.82) is 0 Å². The number of rotatable bonds is 2. The molecule has 0 saturated heterocycles. The smallest absolute Gasteiger partial charge is 0.534 e. The van der Waals surface area contributed by atoms with E-state index in [9.17, 15) is 0 Å². The zero-order chi connectivity index (χ0) is 6.69. The van der Waals surface area contributed by atoms with E-state index >= 15 is 0 Å². The Morgan fingerprint density at radius 3 is 2.89 bits per heavy atom. The van der Waals surface area contributed by atoms with Crippen LogP contribution in [0.5, 0.6) is 5.75 Å². The molecule has 0 fully saturated rings. The Morgan fingerprint density at radius 1 is 1.67 bits per heavy atom. The Hall–Kier alpha value is -0.165. The first-order chi connectivity index (χ1) is 4.34. The summed E-state index contributed by atoms with van der Waals surface area (Å²) in [6.45, 7) is 0. The lowest BCUT2D eigenvalue weighted by Gasteiger charge is -1.93. The van der Waals surface area contributed by atoms with E-state index in [0.717, 1.165) is 3.57 Å². The molecule has 0 amide bonds. The van der Waals surface area contributed by atoms with Crippen molar-refractivity contribution in [1.82, 2.24) is 0 Å². The Balaban J connectivity index is 2.69. The van der Waals surface area contributed by atoms with Crippen molar-refractivity contribution in [3.8, 4) is 5.75 Å². The molecule has 5 heteroatoms. The Bertz CT molecular complexity index is 188. The van der Waals surface area contributed by atoms with Gasteiger partial charge in [-0.3, -0.25) is 0 Å². The number of halogens is 1. The third kappa shape index (κ3) is 1.62. The lowest BCUT2D eigenvalue weighted by Crippen LogP contribution is -1.99. The quantitative estimate of drug-likeness (QED) is 0.610. The molecule has 3 nitrogen and oxygen atoms in total. The summed E-state index contributed by atoms with van der Waals surface area (Å²) in [5.74, 6) is 0.526. The van der Waals surface area contributed by atoms with Gasteiger partial charge in [0.2, 0.25) is 0 Å². The fourth-order valence-electron chi connectivity index (χ4n) is 0.411. The van der Waals surface area contributed by atoms with Crippen LogP contribution in [0.15, 0.2) is 16.9 Å². The van der Waals surface area contributed by atoms with E-state index in [2.05, 4.69) is 4.65 Å². The van der Waals surface area contributed by atoms with E-state index < -0.39 is 0 Å². The van der Waals surface area contributed by atoms with Crippen LogP contribution in [0, 0.1) is 3.57 Å². The third-order valence-electron chi connectivity index (χ3n) is 0.762. The number of furan rings is 1. The average Bonchev–Trinajstić information content (AvgIpc) is 2.18. The van der Waals surface area contributed by atoms with Crippen molar-refractivity contribution in [3.63, 3.8) is 0 Å². The van der Waals surface area contributed by atoms with Gasteiger partial charge in [-0.25, -0.2) is 0 Å². The molecule has 47 valence electrons. The second-order valence-electron chi connectivity index (χ2n) is 1.31. The van der Waals surface area contributed by atoms with Crippen molar-refractivity contribution in [2.45, 2.75) is 0 Å². The molecule has 1 heterocycles. The summed E-state index contributed by atoms with van der Waals surface area (Å²) in [5.41, 5.74) is 0. The summed E-state index contributed by atoms with van der Waals surface area (Å²) in [6.07, 6.45) is 2.94. The van der Waals surface area contributed by atoms with E-state index in [1.54, 1.807) is 0 Å². The topological polar surface area (TPSA) is 42.6 Å². The van der Waals surface area contributed by atoms with E-state index in [-0.39, 0.29) is 0 Å². The fraction of sp³-hybridized carbons (Fsp3) is 0. The fourth-order valence-corrected chi connectivity index (χ4v) is 0.812. The van der Waals surface area contributed by atoms with Gasteiger partial charge in [0.1, 0.15) is 12.5 Å². The monoisotopic (exact) mass is 237 g/mol. The van der Waals surface area contributed by atoms with Gasteiger partial charge in [0.25, 0.3) is 0 Å². The van der Waals surface area contributed by atoms with Gasteiger partial charge in [0, 0.05) is 0 Å². The second kappa shape index (κ2) is 3.12. The first-order valence-electron chi connectivity index (χ1n) is 2.19. The zero-order valence-electron chi connectivity index (χ0n) is 4.37. The predicted molar refractivity (Wildman–Crippen MR) is 40.0 cm³/mol. The summed E-state index contributed by atoms with van der Waals surface area (Å²) < 4.78 is 10.2. The maximum atomic E-state index is 8.17. The minimum Gasteiger partial charge on any atom is -0.534 e. The third-order valence-corrected chi connectivity index (χ3v) is 1.55. The Kier molecular flexibility index (Phi) is 2.41. The van der Waals surface area contributed by atoms with E-state index in [1.165, 1.54) is 12.5 Å². The van der Waals surface area contributed by atoms with Gasteiger partial charge in [-0.05, 0) is 22.6 Å². The van der Waals surface area contributed by atoms with Gasteiger partial charge in [-0.2, -0.15) is 0 Å². The molecule has 1 radical (unpaired) electrons. The molecule has 0 bridgehead atoms. The van der Waals surface area contributed by atoms with E-state index in [0.29, 0.717) is 13.4 Å². The van der Waals surface area contributed by atoms with Crippen LogP contribution in [-0.2, 0) is 0 Å². The molecule has 1 aromatic rings. The molecular formula is C4H3BIO3. The Labute approximate surface area is 66.5 Å². The Morgan fingerprint density at radius 2 is 2.44 bits per heavy atom. The van der Waals surface area contributed by atoms with Crippen LogP contribution in [0.2, 0.25) is 0 Å². The van der Waals surface area contributed by atoms with Crippen LogP contribution in [-0.4, -0.2) is 12.7 Å². The molecule has 0 saturated carbocycles. The molecule has 1 aromatic heterocycles. The van der Waals surface area contributed by atoms with Crippen molar-refractivity contribution < 1.29 is 14.1 Å². The van der Waals surface area contributed by atoms with Crippen LogP contribution in [0.25, 0.3) is 0 Å². The zero-order valence-corrected chi connectivity index (χ0v) is 6.53. The van der Waals surface area contributed by atoms with Crippen LogP contribution < -0.4 is 4.65 Å². The first-order valence-corrected chi connectivity index (χ1v) is 3.26. The minimum absolute atomic E-state index is 0.526. The van der Waals surface area contributed by atoms with Crippen LogP contribution in [0.4, 0.5) is 0 Å². The van der Waals surface area contributed by atoms with E-state index in [1.807, 2.05) is 22.6 Å². The molecule has 9 heavy (non-hydrogen) atoms. The lowest BCUT2D eigenvalue weighted by molar-refractivity contribution is 0.445. The van der Waals surface area contributed by atoms with Gasteiger partial charge in [-0.15, -0.1) is 0 Å². The summed E-state index contributed by atoms with van der Waals surface area (Å²) in [7, 11) is 0.618. The molecule has 0 spiro atoms.